The van der Waals surface area contributed by atoms with Crippen LogP contribution in [0.5, 0.6) is 0 Å². The first-order valence-corrected chi connectivity index (χ1v) is 4.45. The van der Waals surface area contributed by atoms with E-state index in [0.29, 0.717) is 0 Å². The van der Waals surface area contributed by atoms with Gasteiger partial charge in [0.1, 0.15) is 0 Å². The minimum Gasteiger partial charge on any atom is -0.311 e. The maximum atomic E-state index is 5.31. The Morgan fingerprint density at radius 2 is 2.27 bits per heavy atom. The molecule has 0 spiro atoms. The van der Waals surface area contributed by atoms with Crippen LogP contribution in [0.1, 0.15) is 39.0 Å². The average molecular weight is 151 g/mol. The molecule has 1 aliphatic heterocycles. The van der Waals surface area contributed by atoms with Gasteiger partial charge in [0, 0.05) is 12.0 Å². The van der Waals surface area contributed by atoms with Gasteiger partial charge in [-0.1, -0.05) is 12.8 Å². The summed E-state index contributed by atoms with van der Waals surface area (Å²) in [6.07, 6.45) is 11.4. The number of nitrogens with one attached hydrogen (secondary N) is 1. The van der Waals surface area contributed by atoms with Gasteiger partial charge in [0.05, 0.1) is 0 Å². The second-order valence-electron chi connectivity index (χ2n) is 3.68. The lowest BCUT2D eigenvalue weighted by atomic mass is 9.93. The quantitative estimate of drug-likeness (QED) is 0.565. The van der Waals surface area contributed by atoms with Crippen molar-refractivity contribution in [3.8, 4) is 12.3 Å². The van der Waals surface area contributed by atoms with Crippen LogP contribution in [0.4, 0.5) is 0 Å². The fourth-order valence-electron chi connectivity index (χ4n) is 1.67. The first kappa shape index (κ1) is 8.62. The van der Waals surface area contributed by atoms with E-state index in [1.807, 2.05) is 0 Å². The molecule has 0 amide bonds. The van der Waals surface area contributed by atoms with Crippen molar-refractivity contribution in [2.45, 2.75) is 44.6 Å². The van der Waals surface area contributed by atoms with Crippen LogP contribution in [0.3, 0.4) is 0 Å². The molecule has 1 rings (SSSR count). The van der Waals surface area contributed by atoms with Crippen molar-refractivity contribution in [3.63, 3.8) is 0 Å². The molecule has 0 bridgehead atoms. The smallest absolute Gasteiger partial charge is 0.0266 e. The van der Waals surface area contributed by atoms with Crippen LogP contribution in [0.25, 0.3) is 0 Å². The Bertz CT molecular complexity index is 147. The molecule has 0 aromatic rings. The van der Waals surface area contributed by atoms with E-state index in [4.69, 9.17) is 6.42 Å². The maximum Gasteiger partial charge on any atom is 0.0266 e. The summed E-state index contributed by atoms with van der Waals surface area (Å²) >= 11 is 0. The summed E-state index contributed by atoms with van der Waals surface area (Å²) in [4.78, 5) is 0. The Labute approximate surface area is 69.6 Å². The molecule has 0 radical (unpaired) electrons. The molecule has 1 aliphatic rings. The Morgan fingerprint density at radius 1 is 1.45 bits per heavy atom. The number of hydrogen-bond donors (Lipinski definition) is 1. The lowest BCUT2D eigenvalue weighted by molar-refractivity contribution is 0.356. The second kappa shape index (κ2) is 3.78. The highest BCUT2D eigenvalue weighted by Gasteiger charge is 2.23. The molecule has 1 unspecified atom stereocenters. The van der Waals surface area contributed by atoms with Crippen molar-refractivity contribution < 1.29 is 0 Å². The minimum absolute atomic E-state index is 0.227. The van der Waals surface area contributed by atoms with Crippen molar-refractivity contribution in [2.24, 2.45) is 0 Å². The molecule has 0 aromatic carbocycles. The Morgan fingerprint density at radius 3 is 3.00 bits per heavy atom. The van der Waals surface area contributed by atoms with Crippen LogP contribution >= 0.6 is 0 Å². The van der Waals surface area contributed by atoms with Gasteiger partial charge < -0.3 is 5.32 Å². The number of rotatable bonds is 1. The van der Waals surface area contributed by atoms with Crippen LogP contribution < -0.4 is 5.32 Å². The van der Waals surface area contributed by atoms with E-state index < -0.39 is 0 Å². The van der Waals surface area contributed by atoms with Gasteiger partial charge in [-0.15, -0.1) is 12.3 Å². The summed E-state index contributed by atoms with van der Waals surface area (Å²) in [5.74, 6) is 2.74. The SMILES string of the molecule is C#CCC1(C)CCCCCN1. The van der Waals surface area contributed by atoms with Gasteiger partial charge in [-0.25, -0.2) is 0 Å². The van der Waals surface area contributed by atoms with Crippen molar-refractivity contribution in [3.05, 3.63) is 0 Å². The third-order valence-corrected chi connectivity index (χ3v) is 2.45. The van der Waals surface area contributed by atoms with Crippen LogP contribution in [0, 0.1) is 12.3 Å². The summed E-state index contributed by atoms with van der Waals surface area (Å²) < 4.78 is 0. The van der Waals surface area contributed by atoms with Crippen LogP contribution in [-0.2, 0) is 0 Å². The first-order chi connectivity index (χ1) is 5.27. The first-order valence-electron chi connectivity index (χ1n) is 4.45. The third kappa shape index (κ3) is 2.55. The molecular weight excluding hydrogens is 134 g/mol. The standard InChI is InChI=1S/C10H17N/c1-3-7-10(2)8-5-4-6-9-11-10/h1,11H,4-9H2,2H3. The van der Waals surface area contributed by atoms with Crippen LogP contribution in [0.15, 0.2) is 0 Å². The highest BCUT2D eigenvalue weighted by molar-refractivity contribution is 4.98. The van der Waals surface area contributed by atoms with Crippen molar-refractivity contribution in [2.75, 3.05) is 6.54 Å². The predicted octanol–water partition coefficient (Wildman–Crippen LogP) is 1.93. The van der Waals surface area contributed by atoms with E-state index in [9.17, 15) is 0 Å². The van der Waals surface area contributed by atoms with Gasteiger partial charge in [-0.3, -0.25) is 0 Å². The van der Waals surface area contributed by atoms with Gasteiger partial charge in [0.2, 0.25) is 0 Å². The zero-order chi connectivity index (χ0) is 8.16. The van der Waals surface area contributed by atoms with Crippen LogP contribution in [0.2, 0.25) is 0 Å². The Hall–Kier alpha value is -0.480. The molecule has 1 N–H and O–H groups in total. The summed E-state index contributed by atoms with van der Waals surface area (Å²) in [5.41, 5.74) is 0.227. The van der Waals surface area contributed by atoms with Gasteiger partial charge in [-0.2, -0.15) is 0 Å². The lowest BCUT2D eigenvalue weighted by Gasteiger charge is -2.26. The van der Waals surface area contributed by atoms with Crippen molar-refractivity contribution in [1.82, 2.24) is 5.32 Å². The van der Waals surface area contributed by atoms with Gasteiger partial charge in [0.15, 0.2) is 0 Å². The van der Waals surface area contributed by atoms with Crippen molar-refractivity contribution in [1.29, 1.82) is 0 Å². The largest absolute Gasteiger partial charge is 0.311 e. The van der Waals surface area contributed by atoms with E-state index in [-0.39, 0.29) is 5.54 Å². The molecule has 11 heavy (non-hydrogen) atoms. The number of terminal acetylenes is 1. The molecule has 0 saturated carbocycles. The molecular formula is C10H17N. The third-order valence-electron chi connectivity index (χ3n) is 2.45. The Balaban J connectivity index is 2.46. The average Bonchev–Trinajstić information content (AvgIpc) is 2.15. The number of hydrogen-bond acceptors (Lipinski definition) is 1. The fourth-order valence-corrected chi connectivity index (χ4v) is 1.67. The van der Waals surface area contributed by atoms with E-state index in [0.717, 1.165) is 13.0 Å². The maximum absolute atomic E-state index is 5.31. The van der Waals surface area contributed by atoms with Crippen molar-refractivity contribution >= 4 is 0 Å². The summed E-state index contributed by atoms with van der Waals surface area (Å²) in [6, 6.07) is 0. The second-order valence-corrected chi connectivity index (χ2v) is 3.68. The van der Waals surface area contributed by atoms with E-state index in [1.54, 1.807) is 0 Å². The zero-order valence-electron chi connectivity index (χ0n) is 7.32. The Kier molecular flexibility index (Phi) is 2.96. The molecule has 1 fully saturated rings. The minimum atomic E-state index is 0.227. The van der Waals surface area contributed by atoms with Gasteiger partial charge in [0.25, 0.3) is 0 Å². The monoisotopic (exact) mass is 151 g/mol. The predicted molar refractivity (Wildman–Crippen MR) is 48.3 cm³/mol. The molecule has 1 atom stereocenters. The van der Waals surface area contributed by atoms with Gasteiger partial charge in [-0.05, 0) is 26.3 Å². The lowest BCUT2D eigenvalue weighted by Crippen LogP contribution is -2.41. The summed E-state index contributed by atoms with van der Waals surface area (Å²) in [7, 11) is 0. The summed E-state index contributed by atoms with van der Waals surface area (Å²) in [5, 5.41) is 3.52. The zero-order valence-corrected chi connectivity index (χ0v) is 7.32. The molecule has 1 nitrogen and oxygen atoms in total. The topological polar surface area (TPSA) is 12.0 Å². The molecule has 62 valence electrons. The highest BCUT2D eigenvalue weighted by Crippen LogP contribution is 2.21. The summed E-state index contributed by atoms with van der Waals surface area (Å²) in [6.45, 7) is 3.37. The molecule has 0 aromatic heterocycles. The van der Waals surface area contributed by atoms with E-state index >= 15 is 0 Å². The highest BCUT2D eigenvalue weighted by atomic mass is 15.0. The van der Waals surface area contributed by atoms with Gasteiger partial charge >= 0.3 is 0 Å². The molecule has 0 aliphatic carbocycles. The van der Waals surface area contributed by atoms with Crippen LogP contribution in [-0.4, -0.2) is 12.1 Å². The van der Waals surface area contributed by atoms with E-state index in [2.05, 4.69) is 18.2 Å². The fraction of sp³-hybridized carbons (Fsp3) is 0.800. The molecule has 1 heterocycles. The van der Waals surface area contributed by atoms with E-state index in [1.165, 1.54) is 25.7 Å². The molecule has 1 heteroatoms. The molecule has 1 saturated heterocycles. The normalized spacial score (nSPS) is 32.4.